The number of ether oxygens (including phenoxy) is 1. The van der Waals surface area contributed by atoms with E-state index in [2.05, 4.69) is 10.3 Å². The Labute approximate surface area is 238 Å². The van der Waals surface area contributed by atoms with E-state index in [1.54, 1.807) is 12.3 Å². The van der Waals surface area contributed by atoms with Crippen LogP contribution in [-0.2, 0) is 16.0 Å². The molecule has 41 heavy (non-hydrogen) atoms. The molecule has 212 valence electrons. The Morgan fingerprint density at radius 1 is 1.12 bits per heavy atom. The standard InChI is InChI=1S/C32H34N4O5/c1-19(2)36(30-22(18-34-36)16-32(17-27(30)37)9-11-33-12-10-32)31(40)26-15-24-23(5-4-6-25(24)35-26)20-7-8-28(41-3)21(13-20)14-29(38)39/h4-8,13,15,18-19,33H,9-12,14,16-17H2,1-3H3,(H-,35,38,39,40)/p+1. The number of quaternary nitrogens is 1. The summed E-state index contributed by atoms with van der Waals surface area (Å²) in [5.74, 6) is -0.678. The third-order valence-corrected chi connectivity index (χ3v) is 8.95. The highest BCUT2D eigenvalue weighted by Crippen LogP contribution is 2.49. The number of nitrogens with zero attached hydrogens (tertiary/aromatic N) is 2. The van der Waals surface area contributed by atoms with E-state index in [-0.39, 0.29) is 34.2 Å². The first-order valence-electron chi connectivity index (χ1n) is 14.2. The molecule has 9 nitrogen and oxygen atoms in total. The lowest BCUT2D eigenvalue weighted by Crippen LogP contribution is -2.54. The van der Waals surface area contributed by atoms with Gasteiger partial charge in [-0.05, 0) is 87.0 Å². The van der Waals surface area contributed by atoms with Crippen molar-refractivity contribution in [1.29, 1.82) is 0 Å². The summed E-state index contributed by atoms with van der Waals surface area (Å²) in [4.78, 5) is 42.9. The van der Waals surface area contributed by atoms with Crippen LogP contribution < -0.4 is 10.1 Å². The number of nitrogens with one attached hydrogen (secondary N) is 2. The normalized spacial score (nSPS) is 21.6. The number of H-pyrrole nitrogens is 1. The van der Waals surface area contributed by atoms with Crippen LogP contribution in [0.2, 0.25) is 0 Å². The van der Waals surface area contributed by atoms with Crippen molar-refractivity contribution in [2.24, 2.45) is 10.5 Å². The molecule has 0 saturated carbocycles. The Hall–Kier alpha value is -4.08. The zero-order valence-electron chi connectivity index (χ0n) is 23.6. The number of piperidine rings is 1. The zero-order chi connectivity index (χ0) is 28.9. The number of hydrogen-bond donors (Lipinski definition) is 3. The molecule has 3 aliphatic rings. The summed E-state index contributed by atoms with van der Waals surface area (Å²) >= 11 is 0. The number of hydrogen-bond acceptors (Lipinski definition) is 6. The number of ketones is 1. The molecule has 0 bridgehead atoms. The van der Waals surface area contributed by atoms with Gasteiger partial charge < -0.3 is 20.1 Å². The summed E-state index contributed by atoms with van der Waals surface area (Å²) in [5, 5.41) is 18.4. The van der Waals surface area contributed by atoms with E-state index < -0.39 is 5.97 Å². The van der Waals surface area contributed by atoms with Crippen molar-refractivity contribution in [3.63, 3.8) is 0 Å². The van der Waals surface area contributed by atoms with Crippen LogP contribution in [0.25, 0.3) is 22.0 Å². The SMILES string of the molecule is COc1ccc(-c2cccc3[nH]c(C(=O)[N+]4(C(C)C)N=CC5=C4C(=O)CC4(CCNCC4)C5)cc23)cc1CC(=O)O. The highest BCUT2D eigenvalue weighted by molar-refractivity contribution is 6.07. The van der Waals surface area contributed by atoms with E-state index in [9.17, 15) is 19.5 Å². The van der Waals surface area contributed by atoms with Gasteiger partial charge in [0, 0.05) is 28.5 Å². The van der Waals surface area contributed by atoms with E-state index >= 15 is 0 Å². The smallest absolute Gasteiger partial charge is 0.393 e. The van der Waals surface area contributed by atoms with Gasteiger partial charge in [0.1, 0.15) is 17.5 Å². The second-order valence-electron chi connectivity index (χ2n) is 11.8. The van der Waals surface area contributed by atoms with E-state index in [0.717, 1.165) is 60.0 Å². The van der Waals surface area contributed by atoms with Gasteiger partial charge in [-0.3, -0.25) is 9.59 Å². The molecule has 1 aliphatic carbocycles. The largest absolute Gasteiger partial charge is 0.496 e. The van der Waals surface area contributed by atoms with Crippen LogP contribution in [0.5, 0.6) is 5.75 Å². The third kappa shape index (κ3) is 4.40. The number of allylic oxidation sites excluding steroid dienone is 2. The highest BCUT2D eigenvalue weighted by atomic mass is 16.5. The number of aromatic nitrogens is 1. The maximum absolute atomic E-state index is 14.4. The summed E-state index contributed by atoms with van der Waals surface area (Å²) in [6, 6.07) is 12.8. The van der Waals surface area contributed by atoms with E-state index in [0.29, 0.717) is 29.1 Å². The highest BCUT2D eigenvalue weighted by Gasteiger charge is 2.57. The van der Waals surface area contributed by atoms with Crippen LogP contribution >= 0.6 is 0 Å². The molecule has 1 unspecified atom stereocenters. The predicted molar refractivity (Wildman–Crippen MR) is 156 cm³/mol. The second-order valence-corrected chi connectivity index (χ2v) is 11.8. The summed E-state index contributed by atoms with van der Waals surface area (Å²) < 4.78 is 5.01. The lowest BCUT2D eigenvalue weighted by Gasteiger charge is -2.41. The van der Waals surface area contributed by atoms with Crippen LogP contribution in [0, 0.1) is 5.41 Å². The number of carbonyl (C=O) groups is 3. The lowest BCUT2D eigenvalue weighted by atomic mass is 9.67. The number of carboxylic acids is 1. The topological polar surface area (TPSA) is 121 Å². The summed E-state index contributed by atoms with van der Waals surface area (Å²) in [7, 11) is 1.52. The molecule has 1 saturated heterocycles. The third-order valence-electron chi connectivity index (χ3n) is 8.95. The minimum Gasteiger partial charge on any atom is -0.496 e. The van der Waals surface area contributed by atoms with Crippen molar-refractivity contribution < 1.29 is 28.8 Å². The monoisotopic (exact) mass is 555 g/mol. The predicted octanol–water partition coefficient (Wildman–Crippen LogP) is 4.82. The molecule has 0 radical (unpaired) electrons. The molecular weight excluding hydrogens is 520 g/mol. The average molecular weight is 556 g/mol. The van der Waals surface area contributed by atoms with Crippen molar-refractivity contribution in [3.05, 3.63) is 65.0 Å². The Morgan fingerprint density at radius 3 is 2.61 bits per heavy atom. The van der Waals surface area contributed by atoms with Gasteiger partial charge in [-0.1, -0.05) is 27.9 Å². The number of benzene rings is 2. The van der Waals surface area contributed by atoms with E-state index in [1.807, 2.05) is 50.2 Å². The number of methoxy groups -OCH3 is 1. The fraction of sp³-hybridized carbons (Fsp3) is 0.375. The fourth-order valence-electron chi connectivity index (χ4n) is 6.93. The maximum atomic E-state index is 14.4. The van der Waals surface area contributed by atoms with E-state index in [4.69, 9.17) is 9.84 Å². The number of fused-ring (bicyclic) bond motifs is 1. The first-order chi connectivity index (χ1) is 19.7. The summed E-state index contributed by atoms with van der Waals surface area (Å²) in [5.41, 5.74) is 4.74. The second kappa shape index (κ2) is 10.1. The van der Waals surface area contributed by atoms with Gasteiger partial charge in [0.15, 0.2) is 0 Å². The molecule has 9 heteroatoms. The van der Waals surface area contributed by atoms with Crippen LogP contribution in [0.15, 0.2) is 58.8 Å². The van der Waals surface area contributed by atoms with Crippen molar-refractivity contribution in [1.82, 2.24) is 10.3 Å². The van der Waals surface area contributed by atoms with Crippen molar-refractivity contribution >= 4 is 34.8 Å². The van der Waals surface area contributed by atoms with Gasteiger partial charge in [0.05, 0.1) is 19.7 Å². The Balaban J connectivity index is 1.41. The molecule has 1 fully saturated rings. The molecule has 3 aromatic rings. The molecule has 1 spiro atoms. The molecule has 3 N–H and O–H groups in total. The van der Waals surface area contributed by atoms with Gasteiger partial charge in [-0.2, -0.15) is 0 Å². The number of aliphatic carboxylic acids is 1. The molecule has 2 aliphatic heterocycles. The number of aromatic amines is 1. The van der Waals surface area contributed by atoms with E-state index in [1.165, 1.54) is 7.11 Å². The van der Waals surface area contributed by atoms with Crippen LogP contribution in [0.1, 0.15) is 55.6 Å². The first-order valence-corrected chi connectivity index (χ1v) is 14.2. The van der Waals surface area contributed by atoms with Crippen LogP contribution in [-0.4, -0.2) is 64.8 Å². The molecule has 3 heterocycles. The lowest BCUT2D eigenvalue weighted by molar-refractivity contribution is -0.833. The van der Waals surface area contributed by atoms with Crippen LogP contribution in [0.3, 0.4) is 0 Å². The molecule has 1 amide bonds. The van der Waals surface area contributed by atoms with Gasteiger partial charge in [0.25, 0.3) is 0 Å². The quantitative estimate of drug-likeness (QED) is 0.375. The Bertz CT molecular complexity index is 1640. The van der Waals surface area contributed by atoms with Gasteiger partial charge in [0.2, 0.25) is 11.5 Å². The minimum absolute atomic E-state index is 0.0219. The van der Waals surface area contributed by atoms with Crippen molar-refractivity contribution in [2.45, 2.75) is 52.0 Å². The molecule has 1 atom stereocenters. The Kier molecular flexibility index (Phi) is 6.66. The Morgan fingerprint density at radius 2 is 1.90 bits per heavy atom. The first kappa shape index (κ1) is 27.1. The molecule has 2 aromatic carbocycles. The van der Waals surface area contributed by atoms with Gasteiger partial charge in [-0.25, -0.2) is 4.79 Å². The number of amides is 1. The fourth-order valence-corrected chi connectivity index (χ4v) is 6.93. The molecule has 1 aromatic heterocycles. The van der Waals surface area contributed by atoms with Crippen molar-refractivity contribution in [3.8, 4) is 16.9 Å². The summed E-state index contributed by atoms with van der Waals surface area (Å²) in [6.45, 7) is 5.67. The van der Waals surface area contributed by atoms with Gasteiger partial charge in [-0.15, -0.1) is 0 Å². The van der Waals surface area contributed by atoms with Crippen molar-refractivity contribution in [2.75, 3.05) is 20.2 Å². The number of carbonyl (C=O) groups excluding carboxylic acids is 2. The average Bonchev–Trinajstić information content (AvgIpc) is 3.55. The number of carboxylic acid groups (broad SMARTS) is 1. The van der Waals surface area contributed by atoms with Gasteiger partial charge >= 0.3 is 11.9 Å². The number of Topliss-reactive ketones (excluding diaryl/α,β-unsaturated/α-hetero) is 1. The molecular formula is C32H35N4O5+. The zero-order valence-corrected chi connectivity index (χ0v) is 23.6. The maximum Gasteiger partial charge on any atom is 0.393 e. The summed E-state index contributed by atoms with van der Waals surface area (Å²) in [6.07, 6.45) is 4.71. The molecule has 6 rings (SSSR count). The number of rotatable bonds is 6. The van der Waals surface area contributed by atoms with Crippen LogP contribution in [0.4, 0.5) is 0 Å². The minimum atomic E-state index is -0.945.